The normalized spacial score (nSPS) is 34.6. The second kappa shape index (κ2) is 3.21. The van der Waals surface area contributed by atoms with Gasteiger partial charge in [-0.1, -0.05) is 11.6 Å². The van der Waals surface area contributed by atoms with Gasteiger partial charge in [0.1, 0.15) is 0 Å². The fraction of sp³-hybridized carbons (Fsp3) is 0.818. The Morgan fingerprint density at radius 1 is 1.33 bits per heavy atom. The maximum Gasteiger partial charge on any atom is 0.0439 e. The van der Waals surface area contributed by atoms with Crippen LogP contribution in [0, 0.1) is 5.41 Å². The van der Waals surface area contributed by atoms with Crippen molar-refractivity contribution in [2.75, 3.05) is 6.61 Å². The van der Waals surface area contributed by atoms with Crippen LogP contribution in [0.2, 0.25) is 0 Å². The summed E-state index contributed by atoms with van der Waals surface area (Å²) in [5, 5.41) is 9.03. The minimum atomic E-state index is 0.372. The van der Waals surface area contributed by atoms with E-state index in [0.717, 1.165) is 6.42 Å². The zero-order valence-corrected chi connectivity index (χ0v) is 7.68. The van der Waals surface area contributed by atoms with E-state index < -0.39 is 0 Å². The van der Waals surface area contributed by atoms with E-state index in [1.54, 1.807) is 5.57 Å². The lowest BCUT2D eigenvalue weighted by molar-refractivity contribution is 0.197. The van der Waals surface area contributed by atoms with Crippen molar-refractivity contribution in [1.82, 2.24) is 0 Å². The molecule has 0 heterocycles. The van der Waals surface area contributed by atoms with Gasteiger partial charge in [0.25, 0.3) is 0 Å². The molecule has 1 fully saturated rings. The number of allylic oxidation sites excluding steroid dienone is 2. The first kappa shape index (κ1) is 8.31. The summed E-state index contributed by atoms with van der Waals surface area (Å²) in [5.74, 6) is 0. The molecule has 1 unspecified atom stereocenters. The molecular formula is C11H18O. The average Bonchev–Trinajstić information content (AvgIpc) is 2.48. The highest BCUT2D eigenvalue weighted by molar-refractivity contribution is 5.21. The van der Waals surface area contributed by atoms with Gasteiger partial charge in [-0.25, -0.2) is 0 Å². The molecule has 0 radical (unpaired) electrons. The maximum atomic E-state index is 9.03. The largest absolute Gasteiger partial charge is 0.396 e. The van der Waals surface area contributed by atoms with Crippen molar-refractivity contribution in [1.29, 1.82) is 0 Å². The standard InChI is InChI=1S/C11H18O/c12-9-8-11-6-2-1-4-10(11)5-3-7-11/h4,12H,1-3,5-9H2. The van der Waals surface area contributed by atoms with Crippen LogP contribution in [-0.4, -0.2) is 11.7 Å². The van der Waals surface area contributed by atoms with Crippen molar-refractivity contribution >= 4 is 0 Å². The summed E-state index contributed by atoms with van der Waals surface area (Å²) >= 11 is 0. The molecule has 68 valence electrons. The molecule has 0 aromatic rings. The quantitative estimate of drug-likeness (QED) is 0.625. The van der Waals surface area contributed by atoms with Gasteiger partial charge in [-0.2, -0.15) is 0 Å². The summed E-state index contributed by atoms with van der Waals surface area (Å²) < 4.78 is 0. The van der Waals surface area contributed by atoms with Gasteiger partial charge in [0.15, 0.2) is 0 Å². The van der Waals surface area contributed by atoms with Crippen molar-refractivity contribution < 1.29 is 5.11 Å². The van der Waals surface area contributed by atoms with Gasteiger partial charge in [0.05, 0.1) is 0 Å². The van der Waals surface area contributed by atoms with Gasteiger partial charge in [0.2, 0.25) is 0 Å². The van der Waals surface area contributed by atoms with E-state index >= 15 is 0 Å². The molecule has 0 aromatic heterocycles. The van der Waals surface area contributed by atoms with Crippen molar-refractivity contribution in [3.8, 4) is 0 Å². The number of hydrogen-bond donors (Lipinski definition) is 1. The van der Waals surface area contributed by atoms with Gasteiger partial charge < -0.3 is 5.11 Å². The highest BCUT2D eigenvalue weighted by Gasteiger charge is 2.38. The molecule has 0 amide bonds. The van der Waals surface area contributed by atoms with Crippen LogP contribution in [0.1, 0.15) is 44.9 Å². The Labute approximate surface area is 74.5 Å². The number of fused-ring (bicyclic) bond motifs is 1. The molecule has 2 aliphatic carbocycles. The molecule has 0 spiro atoms. The highest BCUT2D eigenvalue weighted by Crippen LogP contribution is 2.51. The Bertz CT molecular complexity index is 195. The van der Waals surface area contributed by atoms with Crippen molar-refractivity contribution in [2.24, 2.45) is 5.41 Å². The second-order valence-corrected chi connectivity index (χ2v) is 4.23. The van der Waals surface area contributed by atoms with E-state index in [9.17, 15) is 0 Å². The summed E-state index contributed by atoms with van der Waals surface area (Å²) in [4.78, 5) is 0. The first-order valence-electron chi connectivity index (χ1n) is 5.18. The third-order valence-corrected chi connectivity index (χ3v) is 3.62. The molecule has 0 bridgehead atoms. The Kier molecular flexibility index (Phi) is 2.22. The Balaban J connectivity index is 2.18. The Hall–Kier alpha value is -0.300. The predicted molar refractivity (Wildman–Crippen MR) is 49.9 cm³/mol. The van der Waals surface area contributed by atoms with Crippen LogP contribution in [0.4, 0.5) is 0 Å². The van der Waals surface area contributed by atoms with Gasteiger partial charge in [-0.05, 0) is 50.4 Å². The molecule has 12 heavy (non-hydrogen) atoms. The van der Waals surface area contributed by atoms with Crippen LogP contribution >= 0.6 is 0 Å². The van der Waals surface area contributed by atoms with Gasteiger partial charge >= 0.3 is 0 Å². The van der Waals surface area contributed by atoms with Crippen LogP contribution in [-0.2, 0) is 0 Å². The fourth-order valence-electron chi connectivity index (χ4n) is 2.99. The van der Waals surface area contributed by atoms with Crippen LogP contribution in [0.25, 0.3) is 0 Å². The third-order valence-electron chi connectivity index (χ3n) is 3.62. The summed E-state index contributed by atoms with van der Waals surface area (Å²) in [6.45, 7) is 0.372. The smallest absolute Gasteiger partial charge is 0.0439 e. The maximum absolute atomic E-state index is 9.03. The van der Waals surface area contributed by atoms with Gasteiger partial charge in [-0.3, -0.25) is 0 Å². The second-order valence-electron chi connectivity index (χ2n) is 4.23. The molecule has 2 aliphatic rings. The van der Waals surface area contributed by atoms with Gasteiger partial charge in [0, 0.05) is 6.61 Å². The van der Waals surface area contributed by atoms with E-state index in [1.807, 2.05) is 0 Å². The minimum absolute atomic E-state index is 0.372. The zero-order valence-electron chi connectivity index (χ0n) is 7.68. The first-order chi connectivity index (χ1) is 5.87. The van der Waals surface area contributed by atoms with E-state index in [0.29, 0.717) is 12.0 Å². The van der Waals surface area contributed by atoms with Crippen molar-refractivity contribution in [3.05, 3.63) is 11.6 Å². The SMILES string of the molecule is OCCC12CCCC=C1CCC2. The minimum Gasteiger partial charge on any atom is -0.396 e. The molecule has 0 saturated heterocycles. The molecule has 1 heteroatoms. The molecule has 1 nitrogen and oxygen atoms in total. The topological polar surface area (TPSA) is 20.2 Å². The molecule has 0 aliphatic heterocycles. The van der Waals surface area contributed by atoms with Crippen molar-refractivity contribution in [3.63, 3.8) is 0 Å². The first-order valence-corrected chi connectivity index (χ1v) is 5.18. The Morgan fingerprint density at radius 2 is 2.17 bits per heavy atom. The number of aliphatic hydroxyl groups is 1. The van der Waals surface area contributed by atoms with Crippen LogP contribution in [0.15, 0.2) is 11.6 Å². The summed E-state index contributed by atoms with van der Waals surface area (Å²) in [6.07, 6.45) is 11.4. The van der Waals surface area contributed by atoms with E-state index in [4.69, 9.17) is 5.11 Å². The number of rotatable bonds is 2. The molecule has 1 saturated carbocycles. The number of hydrogen-bond acceptors (Lipinski definition) is 1. The summed E-state index contributed by atoms with van der Waals surface area (Å²) in [7, 11) is 0. The lowest BCUT2D eigenvalue weighted by Gasteiger charge is -2.33. The fourth-order valence-corrected chi connectivity index (χ4v) is 2.99. The van der Waals surface area contributed by atoms with Crippen LogP contribution in [0.5, 0.6) is 0 Å². The molecule has 1 atom stereocenters. The molecular weight excluding hydrogens is 148 g/mol. The highest BCUT2D eigenvalue weighted by atomic mass is 16.3. The molecule has 2 rings (SSSR count). The summed E-state index contributed by atoms with van der Waals surface area (Å²) in [5.41, 5.74) is 2.12. The summed E-state index contributed by atoms with van der Waals surface area (Å²) in [6, 6.07) is 0. The third kappa shape index (κ3) is 1.20. The van der Waals surface area contributed by atoms with Crippen molar-refractivity contribution in [2.45, 2.75) is 44.9 Å². The Morgan fingerprint density at radius 3 is 3.00 bits per heavy atom. The predicted octanol–water partition coefficient (Wildman–Crippen LogP) is 2.65. The lowest BCUT2D eigenvalue weighted by Crippen LogP contribution is -2.22. The van der Waals surface area contributed by atoms with Gasteiger partial charge in [-0.15, -0.1) is 0 Å². The van der Waals surface area contributed by atoms with E-state index in [1.165, 1.54) is 38.5 Å². The van der Waals surface area contributed by atoms with E-state index in [-0.39, 0.29) is 0 Å². The monoisotopic (exact) mass is 166 g/mol. The zero-order chi connectivity index (χ0) is 8.44. The average molecular weight is 166 g/mol. The number of aliphatic hydroxyl groups excluding tert-OH is 1. The van der Waals surface area contributed by atoms with E-state index in [2.05, 4.69) is 6.08 Å². The van der Waals surface area contributed by atoms with Crippen LogP contribution in [0.3, 0.4) is 0 Å². The molecule has 1 N–H and O–H groups in total. The van der Waals surface area contributed by atoms with Crippen LogP contribution < -0.4 is 0 Å². The lowest BCUT2D eigenvalue weighted by atomic mass is 9.72. The molecule has 0 aromatic carbocycles.